The van der Waals surface area contributed by atoms with Crippen molar-refractivity contribution in [2.24, 2.45) is 0 Å². The number of carbonyl (C=O) groups excluding carboxylic acids is 1. The van der Waals surface area contributed by atoms with Gasteiger partial charge in [0.2, 0.25) is 0 Å². The summed E-state index contributed by atoms with van der Waals surface area (Å²) in [6, 6.07) is 5.41. The van der Waals surface area contributed by atoms with E-state index in [2.05, 4.69) is 19.8 Å². The molecule has 0 spiro atoms. The van der Waals surface area contributed by atoms with E-state index in [4.69, 9.17) is 11.6 Å². The Balaban J connectivity index is 0.00000208. The van der Waals surface area contributed by atoms with Crippen LogP contribution in [0.2, 0.25) is 5.02 Å². The van der Waals surface area contributed by atoms with E-state index in [0.29, 0.717) is 17.3 Å². The van der Waals surface area contributed by atoms with Crippen LogP contribution in [0.3, 0.4) is 0 Å². The molecule has 8 heteroatoms. The second-order valence-electron chi connectivity index (χ2n) is 5.41. The van der Waals surface area contributed by atoms with Crippen LogP contribution in [0, 0.1) is 0 Å². The van der Waals surface area contributed by atoms with E-state index >= 15 is 0 Å². The first-order valence-electron chi connectivity index (χ1n) is 7.36. The van der Waals surface area contributed by atoms with Crippen LogP contribution in [0.15, 0.2) is 36.8 Å². The molecule has 3 heterocycles. The van der Waals surface area contributed by atoms with Gasteiger partial charge >= 0.3 is 18.9 Å². The Kier molecular flexibility index (Phi) is 6.64. The van der Waals surface area contributed by atoms with Gasteiger partial charge in [0, 0.05) is 62.6 Å². The number of carboxylic acids is 1. The van der Waals surface area contributed by atoms with E-state index in [-0.39, 0.29) is 24.4 Å². The third-order valence-corrected chi connectivity index (χ3v) is 4.25. The zero-order valence-electron chi connectivity index (χ0n) is 13.5. The fourth-order valence-electron chi connectivity index (χ4n) is 2.63. The first kappa shape index (κ1) is 18.8. The number of hydrogen-bond donors (Lipinski definition) is 0. The maximum absolute atomic E-state index is 10.8. The van der Waals surface area contributed by atoms with Crippen LogP contribution in [0.5, 0.6) is 0 Å². The summed E-state index contributed by atoms with van der Waals surface area (Å²) >= 11 is 6.12. The Morgan fingerprint density at radius 2 is 1.88 bits per heavy atom. The number of anilines is 1. The van der Waals surface area contributed by atoms with Gasteiger partial charge in [-0.2, -0.15) is 0 Å². The molecule has 1 aliphatic heterocycles. The van der Waals surface area contributed by atoms with Gasteiger partial charge in [0.25, 0.3) is 0 Å². The summed E-state index contributed by atoms with van der Waals surface area (Å²) in [4.78, 5) is 23.5. The molecule has 24 heavy (non-hydrogen) atoms. The van der Waals surface area contributed by atoms with Crippen LogP contribution in [0.25, 0.3) is 0 Å². The predicted molar refractivity (Wildman–Crippen MR) is 85.3 cm³/mol. The Morgan fingerprint density at radius 3 is 2.46 bits per heavy atom. The van der Waals surface area contributed by atoms with Gasteiger partial charge in [0.05, 0.1) is 16.7 Å². The van der Waals surface area contributed by atoms with Crippen molar-refractivity contribution in [2.45, 2.75) is 6.54 Å². The fraction of sp³-hybridized carbons (Fsp3) is 0.312. The molecule has 1 aliphatic rings. The minimum absolute atomic E-state index is 0. The maximum Gasteiger partial charge on any atom is 1.00 e. The van der Waals surface area contributed by atoms with Crippen LogP contribution < -0.4 is 28.9 Å². The molecule has 1 fully saturated rings. The summed E-state index contributed by atoms with van der Waals surface area (Å²) < 4.78 is 0. The third kappa shape index (κ3) is 4.49. The number of piperazine rings is 1. The average Bonchev–Trinajstić information content (AvgIpc) is 2.58. The topological polar surface area (TPSA) is 72.4 Å². The number of rotatable bonds is 4. The summed E-state index contributed by atoms with van der Waals surface area (Å²) in [5, 5.41) is 11.2. The van der Waals surface area contributed by atoms with E-state index in [0.717, 1.165) is 26.2 Å². The predicted octanol–water partition coefficient (Wildman–Crippen LogP) is -2.18. The van der Waals surface area contributed by atoms with Crippen molar-refractivity contribution in [3.8, 4) is 0 Å². The normalized spacial score (nSPS) is 15.0. The Morgan fingerprint density at radius 1 is 1.21 bits per heavy atom. The number of nitrogens with zero attached hydrogens (tertiary/aromatic N) is 4. The summed E-state index contributed by atoms with van der Waals surface area (Å²) in [5.41, 5.74) is 1.87. The van der Waals surface area contributed by atoms with Crippen molar-refractivity contribution in [3.05, 3.63) is 53.1 Å². The monoisotopic (exact) mass is 338 g/mol. The van der Waals surface area contributed by atoms with Crippen molar-refractivity contribution in [2.75, 3.05) is 31.1 Å². The zero-order chi connectivity index (χ0) is 16.2. The van der Waals surface area contributed by atoms with E-state index < -0.39 is 5.97 Å². The zero-order valence-corrected chi connectivity index (χ0v) is 14.2. The first-order valence-corrected chi connectivity index (χ1v) is 7.74. The van der Waals surface area contributed by atoms with Crippen LogP contribution in [-0.4, -0.2) is 47.0 Å². The van der Waals surface area contributed by atoms with Crippen LogP contribution in [0.4, 0.5) is 5.69 Å². The molecule has 120 valence electrons. The molecule has 0 unspecified atom stereocenters. The van der Waals surface area contributed by atoms with Crippen molar-refractivity contribution < 1.29 is 28.8 Å². The van der Waals surface area contributed by atoms with Crippen molar-refractivity contribution in [3.63, 3.8) is 0 Å². The van der Waals surface area contributed by atoms with Gasteiger partial charge in [-0.3, -0.25) is 14.9 Å². The number of halogens is 1. The largest absolute Gasteiger partial charge is 1.00 e. The van der Waals surface area contributed by atoms with Crippen LogP contribution in [-0.2, 0) is 6.54 Å². The van der Waals surface area contributed by atoms with E-state index in [9.17, 15) is 9.90 Å². The molecule has 6 nitrogen and oxygen atoms in total. The van der Waals surface area contributed by atoms with Crippen LogP contribution >= 0.6 is 11.6 Å². The first-order chi connectivity index (χ1) is 11.1. The van der Waals surface area contributed by atoms with Crippen molar-refractivity contribution >= 4 is 23.3 Å². The molecular weight excluding hydrogens is 323 g/mol. The molecule has 0 saturated carbocycles. The average molecular weight is 339 g/mol. The molecule has 0 radical (unpaired) electrons. The minimum atomic E-state index is -1.27. The van der Waals surface area contributed by atoms with Gasteiger partial charge in [-0.05, 0) is 18.2 Å². The second-order valence-corrected chi connectivity index (χ2v) is 5.82. The van der Waals surface area contributed by atoms with Gasteiger partial charge in [-0.15, -0.1) is 0 Å². The smallest absolute Gasteiger partial charge is 0.545 e. The standard InChI is InChI=1S/C16H17ClN4O2.Li/c17-14-9-12(16(22)23)10-19-15(14)11-20-5-7-21(8-6-20)13-1-3-18-4-2-13;/h1-4,9-10H,5-8,11H2,(H,22,23);/q;+1/p-1. The molecule has 0 aromatic carbocycles. The Hall–Kier alpha value is -1.58. The quantitative estimate of drug-likeness (QED) is 0.590. The second kappa shape index (κ2) is 8.50. The van der Waals surface area contributed by atoms with Gasteiger partial charge < -0.3 is 14.8 Å². The molecule has 0 N–H and O–H groups in total. The molecule has 0 aliphatic carbocycles. The number of aromatic carboxylic acids is 1. The van der Waals surface area contributed by atoms with Gasteiger partial charge in [0.15, 0.2) is 0 Å². The van der Waals surface area contributed by atoms with E-state index in [1.54, 1.807) is 12.4 Å². The molecule has 0 amide bonds. The molecule has 2 aromatic heterocycles. The molecule has 2 aromatic rings. The number of aromatic nitrogens is 2. The van der Waals surface area contributed by atoms with Crippen LogP contribution in [0.1, 0.15) is 16.1 Å². The van der Waals surface area contributed by atoms with E-state index in [1.165, 1.54) is 18.0 Å². The summed E-state index contributed by atoms with van der Waals surface area (Å²) in [6.07, 6.45) is 4.89. The van der Waals surface area contributed by atoms with Gasteiger partial charge in [0.1, 0.15) is 0 Å². The molecule has 1 saturated heterocycles. The summed E-state index contributed by atoms with van der Waals surface area (Å²) in [6.45, 7) is 4.22. The minimum Gasteiger partial charge on any atom is -0.545 e. The molecule has 0 bridgehead atoms. The number of carboxylic acid groups (broad SMARTS) is 1. The number of hydrogen-bond acceptors (Lipinski definition) is 6. The number of pyridine rings is 2. The van der Waals surface area contributed by atoms with Gasteiger partial charge in [-0.25, -0.2) is 0 Å². The molecule has 0 atom stereocenters. The Labute approximate surface area is 157 Å². The van der Waals surface area contributed by atoms with Gasteiger partial charge in [-0.1, -0.05) is 11.6 Å². The Bertz CT molecular complexity index is 694. The number of carbonyl (C=O) groups is 1. The SMILES string of the molecule is O=C([O-])c1cnc(CN2CCN(c3ccncc3)CC2)c(Cl)c1.[Li+]. The van der Waals surface area contributed by atoms with E-state index in [1.807, 2.05) is 12.1 Å². The van der Waals surface area contributed by atoms with Crippen molar-refractivity contribution in [1.82, 2.24) is 14.9 Å². The fourth-order valence-corrected chi connectivity index (χ4v) is 2.85. The maximum atomic E-state index is 10.8. The summed E-state index contributed by atoms with van der Waals surface area (Å²) in [7, 11) is 0. The van der Waals surface area contributed by atoms with Crippen molar-refractivity contribution in [1.29, 1.82) is 0 Å². The summed E-state index contributed by atoms with van der Waals surface area (Å²) in [5.74, 6) is -1.27. The molecular formula is C16H16ClLiN4O2. The molecule has 3 rings (SSSR count). The third-order valence-electron chi connectivity index (χ3n) is 3.93.